The number of aromatic amines is 1. The zero-order valence-corrected chi connectivity index (χ0v) is 15.1. The average Bonchev–Trinajstić information content (AvgIpc) is 3.31. The summed E-state index contributed by atoms with van der Waals surface area (Å²) in [7, 11) is 1.95. The minimum absolute atomic E-state index is 0.0693. The van der Waals surface area contributed by atoms with Gasteiger partial charge in [-0.2, -0.15) is 5.10 Å². The topological polar surface area (TPSA) is 79.7 Å². The van der Waals surface area contributed by atoms with Crippen molar-refractivity contribution in [3.05, 3.63) is 54.0 Å². The summed E-state index contributed by atoms with van der Waals surface area (Å²) in [4.78, 5) is 14.8. The van der Waals surface area contributed by atoms with Gasteiger partial charge in [0.1, 0.15) is 18.0 Å². The van der Waals surface area contributed by atoms with Crippen molar-refractivity contribution in [1.29, 1.82) is 0 Å². The number of piperidine rings is 1. The van der Waals surface area contributed by atoms with E-state index in [1.54, 1.807) is 18.5 Å². The second kappa shape index (κ2) is 7.30. The predicted molar refractivity (Wildman–Crippen MR) is 97.3 cm³/mol. The van der Waals surface area contributed by atoms with E-state index in [2.05, 4.69) is 20.4 Å². The normalized spacial score (nSPS) is 15.3. The Labute approximate surface area is 156 Å². The molecule has 1 fully saturated rings. The molecule has 4 rings (SSSR count). The van der Waals surface area contributed by atoms with Gasteiger partial charge in [0.25, 0.3) is 5.91 Å². The highest BCUT2D eigenvalue weighted by Gasteiger charge is 2.27. The van der Waals surface area contributed by atoms with Gasteiger partial charge in [0.15, 0.2) is 0 Å². The fraction of sp³-hybridized carbons (Fsp3) is 0.368. The Balaban J connectivity index is 1.43. The van der Waals surface area contributed by atoms with Gasteiger partial charge in [-0.3, -0.25) is 9.89 Å². The standard InChI is InChI=1S/C19H21FN6O/c1-25-12-22-23-17(25)9-13-5-7-26(8-6-13)19(27)16-11-21-24-18(16)14-3-2-4-15(20)10-14/h2-4,10-13H,5-9H2,1H3,(H,21,24). The SMILES string of the molecule is Cn1cnnc1CC1CCN(C(=O)c2cn[nH]c2-c2cccc(F)c2)CC1. The number of nitrogens with zero attached hydrogens (tertiary/aromatic N) is 5. The van der Waals surface area contributed by atoms with E-state index in [-0.39, 0.29) is 11.7 Å². The number of H-pyrrole nitrogens is 1. The van der Waals surface area contributed by atoms with Gasteiger partial charge in [-0.05, 0) is 30.9 Å². The number of hydrogen-bond acceptors (Lipinski definition) is 4. The van der Waals surface area contributed by atoms with Crippen molar-refractivity contribution in [2.45, 2.75) is 19.3 Å². The molecule has 0 saturated carbocycles. The lowest BCUT2D eigenvalue weighted by Crippen LogP contribution is -2.39. The number of amides is 1. The Morgan fingerprint density at radius 3 is 2.85 bits per heavy atom. The Kier molecular flexibility index (Phi) is 4.70. The lowest BCUT2D eigenvalue weighted by molar-refractivity contribution is 0.0690. The van der Waals surface area contributed by atoms with Crippen LogP contribution in [0, 0.1) is 11.7 Å². The fourth-order valence-corrected chi connectivity index (χ4v) is 3.57. The van der Waals surface area contributed by atoms with E-state index in [1.165, 1.54) is 18.3 Å². The lowest BCUT2D eigenvalue weighted by atomic mass is 9.92. The van der Waals surface area contributed by atoms with Crippen molar-refractivity contribution >= 4 is 5.91 Å². The molecular formula is C19H21FN6O. The van der Waals surface area contributed by atoms with Gasteiger partial charge in [-0.1, -0.05) is 12.1 Å². The maximum atomic E-state index is 13.5. The quantitative estimate of drug-likeness (QED) is 0.767. The molecule has 1 N–H and O–H groups in total. The highest BCUT2D eigenvalue weighted by molar-refractivity contribution is 5.99. The number of carbonyl (C=O) groups is 1. The lowest BCUT2D eigenvalue weighted by Gasteiger charge is -2.31. The molecule has 0 spiro atoms. The highest BCUT2D eigenvalue weighted by Crippen LogP contribution is 2.26. The number of hydrogen-bond donors (Lipinski definition) is 1. The first-order valence-corrected chi connectivity index (χ1v) is 9.03. The molecule has 0 unspecified atom stereocenters. The number of halogens is 1. The van der Waals surface area contributed by atoms with Crippen LogP contribution >= 0.6 is 0 Å². The van der Waals surface area contributed by atoms with Gasteiger partial charge < -0.3 is 9.47 Å². The van der Waals surface area contributed by atoms with Gasteiger partial charge in [0.05, 0.1) is 17.5 Å². The predicted octanol–water partition coefficient (Wildman–Crippen LogP) is 2.44. The third kappa shape index (κ3) is 3.60. The summed E-state index contributed by atoms with van der Waals surface area (Å²) in [5.74, 6) is 1.05. The molecule has 1 aliphatic rings. The molecular weight excluding hydrogens is 347 g/mol. The molecule has 0 radical (unpaired) electrons. The third-order valence-electron chi connectivity index (χ3n) is 5.16. The van der Waals surface area contributed by atoms with E-state index < -0.39 is 0 Å². The molecule has 3 heterocycles. The van der Waals surface area contributed by atoms with E-state index in [1.807, 2.05) is 16.5 Å². The molecule has 0 atom stereocenters. The van der Waals surface area contributed by atoms with Crippen LogP contribution in [0.3, 0.4) is 0 Å². The van der Waals surface area contributed by atoms with Crippen LogP contribution < -0.4 is 0 Å². The molecule has 7 nitrogen and oxygen atoms in total. The molecule has 1 saturated heterocycles. The number of benzene rings is 1. The summed E-state index contributed by atoms with van der Waals surface area (Å²) in [6.07, 6.45) is 5.95. The number of aryl methyl sites for hydroxylation is 1. The van der Waals surface area contributed by atoms with Gasteiger partial charge in [0.2, 0.25) is 0 Å². The van der Waals surface area contributed by atoms with E-state index in [4.69, 9.17) is 0 Å². The van der Waals surface area contributed by atoms with Crippen LogP contribution in [0.4, 0.5) is 4.39 Å². The summed E-state index contributed by atoms with van der Waals surface area (Å²) < 4.78 is 15.5. The zero-order valence-electron chi connectivity index (χ0n) is 15.1. The van der Waals surface area contributed by atoms with Gasteiger partial charge in [-0.25, -0.2) is 4.39 Å². The van der Waals surface area contributed by atoms with Crippen molar-refractivity contribution in [3.8, 4) is 11.3 Å². The molecule has 1 aromatic carbocycles. The molecule has 0 aliphatic carbocycles. The maximum absolute atomic E-state index is 13.5. The molecule has 0 bridgehead atoms. The van der Waals surface area contributed by atoms with Crippen molar-refractivity contribution in [2.75, 3.05) is 13.1 Å². The minimum Gasteiger partial charge on any atom is -0.339 e. The van der Waals surface area contributed by atoms with E-state index in [9.17, 15) is 9.18 Å². The first-order chi connectivity index (χ1) is 13.1. The first-order valence-electron chi connectivity index (χ1n) is 9.03. The van der Waals surface area contributed by atoms with Gasteiger partial charge in [0, 0.05) is 32.1 Å². The van der Waals surface area contributed by atoms with Crippen molar-refractivity contribution < 1.29 is 9.18 Å². The Morgan fingerprint density at radius 1 is 1.33 bits per heavy atom. The molecule has 27 heavy (non-hydrogen) atoms. The first kappa shape index (κ1) is 17.4. The van der Waals surface area contributed by atoms with Crippen LogP contribution in [0.5, 0.6) is 0 Å². The molecule has 8 heteroatoms. The van der Waals surface area contributed by atoms with E-state index >= 15 is 0 Å². The molecule has 140 valence electrons. The summed E-state index contributed by atoms with van der Waals surface area (Å²) in [5, 5.41) is 14.9. The molecule has 1 amide bonds. The Morgan fingerprint density at radius 2 is 2.15 bits per heavy atom. The molecule has 1 aliphatic heterocycles. The Hall–Kier alpha value is -3.03. The number of rotatable bonds is 4. The van der Waals surface area contributed by atoms with Crippen LogP contribution in [0.25, 0.3) is 11.3 Å². The van der Waals surface area contributed by atoms with E-state index in [0.717, 1.165) is 25.1 Å². The maximum Gasteiger partial charge on any atom is 0.257 e. The van der Waals surface area contributed by atoms with Gasteiger partial charge in [-0.15, -0.1) is 10.2 Å². The van der Waals surface area contributed by atoms with Crippen molar-refractivity contribution in [2.24, 2.45) is 13.0 Å². The summed E-state index contributed by atoms with van der Waals surface area (Å²) in [5.41, 5.74) is 1.65. The van der Waals surface area contributed by atoms with Crippen LogP contribution in [-0.4, -0.2) is 48.9 Å². The summed E-state index contributed by atoms with van der Waals surface area (Å²) >= 11 is 0. The molecule has 2 aromatic heterocycles. The van der Waals surface area contributed by atoms with Gasteiger partial charge >= 0.3 is 0 Å². The van der Waals surface area contributed by atoms with Crippen LogP contribution in [0.2, 0.25) is 0 Å². The monoisotopic (exact) mass is 368 g/mol. The summed E-state index contributed by atoms with van der Waals surface area (Å²) in [6.45, 7) is 1.38. The minimum atomic E-state index is -0.343. The second-order valence-corrected chi connectivity index (χ2v) is 6.97. The van der Waals surface area contributed by atoms with E-state index in [0.29, 0.717) is 35.8 Å². The summed E-state index contributed by atoms with van der Waals surface area (Å²) in [6, 6.07) is 6.17. The van der Waals surface area contributed by atoms with Crippen molar-refractivity contribution in [1.82, 2.24) is 29.9 Å². The van der Waals surface area contributed by atoms with Crippen LogP contribution in [0.1, 0.15) is 29.0 Å². The molecule has 3 aromatic rings. The van der Waals surface area contributed by atoms with Crippen LogP contribution in [-0.2, 0) is 13.5 Å². The number of carbonyl (C=O) groups excluding carboxylic acids is 1. The van der Waals surface area contributed by atoms with Crippen molar-refractivity contribution in [3.63, 3.8) is 0 Å². The zero-order chi connectivity index (χ0) is 18.8. The smallest absolute Gasteiger partial charge is 0.257 e. The largest absolute Gasteiger partial charge is 0.339 e. The fourth-order valence-electron chi connectivity index (χ4n) is 3.57. The Bertz CT molecular complexity index is 941. The third-order valence-corrected chi connectivity index (χ3v) is 5.16. The number of likely N-dealkylation sites (tertiary alicyclic amines) is 1. The number of nitrogens with one attached hydrogen (secondary N) is 1. The highest BCUT2D eigenvalue weighted by atomic mass is 19.1. The van der Waals surface area contributed by atoms with Crippen LogP contribution in [0.15, 0.2) is 36.8 Å². The number of aromatic nitrogens is 5. The second-order valence-electron chi connectivity index (χ2n) is 6.97. The average molecular weight is 368 g/mol.